The second kappa shape index (κ2) is 6.67. The second-order valence-electron chi connectivity index (χ2n) is 5.14. The number of anilines is 2. The number of benzene rings is 1. The van der Waals surface area contributed by atoms with Gasteiger partial charge in [0.1, 0.15) is 5.76 Å². The molecule has 6 nitrogen and oxygen atoms in total. The minimum atomic E-state index is -0.247. The average Bonchev–Trinajstić information content (AvgIpc) is 3.16. The Labute approximate surface area is 142 Å². The van der Waals surface area contributed by atoms with Gasteiger partial charge in [0.05, 0.1) is 17.5 Å². The quantitative estimate of drug-likeness (QED) is 0.753. The summed E-state index contributed by atoms with van der Waals surface area (Å²) in [6.45, 7) is 3.20. The highest BCUT2D eigenvalue weighted by Gasteiger charge is 2.13. The summed E-state index contributed by atoms with van der Waals surface area (Å²) < 4.78 is 5.13. The van der Waals surface area contributed by atoms with Gasteiger partial charge in [-0.3, -0.25) is 14.9 Å². The SMILES string of the molecule is CC(=O)Nc1ccc(-c2csc(NC(=O)c3ccoc3C)n2)cc1. The number of carbonyl (C=O) groups excluding carboxylic acids is 2. The van der Waals surface area contributed by atoms with Crippen molar-refractivity contribution in [3.63, 3.8) is 0 Å². The zero-order valence-electron chi connectivity index (χ0n) is 13.1. The monoisotopic (exact) mass is 341 g/mol. The van der Waals surface area contributed by atoms with Gasteiger partial charge in [-0.2, -0.15) is 0 Å². The number of hydrogen-bond donors (Lipinski definition) is 2. The lowest BCUT2D eigenvalue weighted by atomic mass is 10.1. The Hall–Kier alpha value is -2.93. The fourth-order valence-electron chi connectivity index (χ4n) is 2.18. The third-order valence-electron chi connectivity index (χ3n) is 3.33. The van der Waals surface area contributed by atoms with Crippen LogP contribution in [0.5, 0.6) is 0 Å². The fraction of sp³-hybridized carbons (Fsp3) is 0.118. The van der Waals surface area contributed by atoms with Gasteiger partial charge in [0, 0.05) is 23.6 Å². The van der Waals surface area contributed by atoms with Crippen LogP contribution in [0.15, 0.2) is 46.4 Å². The minimum absolute atomic E-state index is 0.115. The van der Waals surface area contributed by atoms with Crippen LogP contribution < -0.4 is 10.6 Å². The van der Waals surface area contributed by atoms with Gasteiger partial charge in [-0.05, 0) is 25.1 Å². The van der Waals surface area contributed by atoms with Crippen molar-refractivity contribution < 1.29 is 14.0 Å². The van der Waals surface area contributed by atoms with Gasteiger partial charge in [0.2, 0.25) is 5.91 Å². The Morgan fingerprint density at radius 2 is 1.88 bits per heavy atom. The molecule has 0 bridgehead atoms. The van der Waals surface area contributed by atoms with Crippen LogP contribution >= 0.6 is 11.3 Å². The lowest BCUT2D eigenvalue weighted by Crippen LogP contribution is -2.11. The van der Waals surface area contributed by atoms with Crippen LogP contribution in [-0.2, 0) is 4.79 Å². The van der Waals surface area contributed by atoms with Crippen molar-refractivity contribution in [2.24, 2.45) is 0 Å². The lowest BCUT2D eigenvalue weighted by molar-refractivity contribution is -0.114. The van der Waals surface area contributed by atoms with Crippen LogP contribution in [0.3, 0.4) is 0 Å². The van der Waals surface area contributed by atoms with Crippen molar-refractivity contribution in [2.75, 3.05) is 10.6 Å². The summed E-state index contributed by atoms with van der Waals surface area (Å²) in [7, 11) is 0. The van der Waals surface area contributed by atoms with E-state index in [9.17, 15) is 9.59 Å². The largest absolute Gasteiger partial charge is 0.469 e. The molecule has 0 aliphatic rings. The molecule has 1 aromatic carbocycles. The number of carbonyl (C=O) groups is 2. The number of rotatable bonds is 4. The zero-order valence-corrected chi connectivity index (χ0v) is 13.9. The van der Waals surface area contributed by atoms with Crippen molar-refractivity contribution in [1.29, 1.82) is 0 Å². The Bertz CT molecular complexity index is 881. The summed E-state index contributed by atoms with van der Waals surface area (Å²) in [5.74, 6) is 0.206. The van der Waals surface area contributed by atoms with Crippen LogP contribution in [0.1, 0.15) is 23.0 Å². The van der Waals surface area contributed by atoms with E-state index in [1.54, 1.807) is 13.0 Å². The van der Waals surface area contributed by atoms with Gasteiger partial charge >= 0.3 is 0 Å². The molecule has 0 aliphatic heterocycles. The maximum atomic E-state index is 12.1. The van der Waals surface area contributed by atoms with E-state index >= 15 is 0 Å². The molecule has 0 radical (unpaired) electrons. The first-order valence-electron chi connectivity index (χ1n) is 7.22. The molecule has 0 fully saturated rings. The number of thiazole rings is 1. The number of amides is 2. The molecule has 0 saturated heterocycles. The van der Waals surface area contributed by atoms with Gasteiger partial charge in [-0.25, -0.2) is 4.98 Å². The van der Waals surface area contributed by atoms with E-state index in [0.29, 0.717) is 16.5 Å². The molecule has 0 spiro atoms. The molecule has 24 heavy (non-hydrogen) atoms. The van der Waals surface area contributed by atoms with Crippen LogP contribution in [0, 0.1) is 6.92 Å². The Balaban J connectivity index is 1.72. The van der Waals surface area contributed by atoms with E-state index in [4.69, 9.17) is 4.42 Å². The van der Waals surface area contributed by atoms with Crippen LogP contribution in [0.4, 0.5) is 10.8 Å². The molecule has 3 rings (SSSR count). The summed E-state index contributed by atoms with van der Waals surface area (Å²) in [6, 6.07) is 8.98. The average molecular weight is 341 g/mol. The topological polar surface area (TPSA) is 84.2 Å². The highest BCUT2D eigenvalue weighted by atomic mass is 32.1. The van der Waals surface area contributed by atoms with Crippen molar-refractivity contribution >= 4 is 34.0 Å². The van der Waals surface area contributed by atoms with Crippen molar-refractivity contribution in [1.82, 2.24) is 4.98 Å². The molecular weight excluding hydrogens is 326 g/mol. The molecule has 0 atom stereocenters. The van der Waals surface area contributed by atoms with Gasteiger partial charge in [-0.1, -0.05) is 12.1 Å². The molecular formula is C17H15N3O3S. The first-order chi connectivity index (χ1) is 11.5. The Morgan fingerprint density at radius 1 is 1.12 bits per heavy atom. The molecule has 0 aliphatic carbocycles. The summed E-state index contributed by atoms with van der Waals surface area (Å²) in [4.78, 5) is 27.6. The first kappa shape index (κ1) is 15.9. The molecule has 2 amide bonds. The zero-order chi connectivity index (χ0) is 17.1. The number of aromatic nitrogens is 1. The highest BCUT2D eigenvalue weighted by molar-refractivity contribution is 7.14. The van der Waals surface area contributed by atoms with Gasteiger partial charge in [0.15, 0.2) is 5.13 Å². The highest BCUT2D eigenvalue weighted by Crippen LogP contribution is 2.26. The van der Waals surface area contributed by atoms with E-state index in [1.807, 2.05) is 29.6 Å². The summed E-state index contributed by atoms with van der Waals surface area (Å²) in [5, 5.41) is 7.86. The van der Waals surface area contributed by atoms with E-state index in [2.05, 4.69) is 15.6 Å². The van der Waals surface area contributed by atoms with Crippen LogP contribution in [0.2, 0.25) is 0 Å². The normalized spacial score (nSPS) is 10.4. The molecule has 2 N–H and O–H groups in total. The van der Waals surface area contributed by atoms with Crippen molar-refractivity contribution in [3.8, 4) is 11.3 Å². The number of aryl methyl sites for hydroxylation is 1. The summed E-state index contributed by atoms with van der Waals surface area (Å²) in [6.07, 6.45) is 1.48. The van der Waals surface area contributed by atoms with Gasteiger partial charge < -0.3 is 9.73 Å². The maximum absolute atomic E-state index is 12.1. The molecule has 3 aromatic rings. The number of hydrogen-bond acceptors (Lipinski definition) is 5. The second-order valence-corrected chi connectivity index (χ2v) is 6.00. The lowest BCUT2D eigenvalue weighted by Gasteiger charge is -2.03. The van der Waals surface area contributed by atoms with Crippen LogP contribution in [0.25, 0.3) is 11.3 Å². The Morgan fingerprint density at radius 3 is 2.50 bits per heavy atom. The van der Waals surface area contributed by atoms with Gasteiger partial charge in [-0.15, -0.1) is 11.3 Å². The minimum Gasteiger partial charge on any atom is -0.469 e. The molecule has 7 heteroatoms. The third-order valence-corrected chi connectivity index (χ3v) is 4.09. The standard InChI is InChI=1S/C17H15N3O3S/c1-10-14(7-8-23-10)16(22)20-17-19-15(9-24-17)12-3-5-13(6-4-12)18-11(2)21/h3-9H,1-2H3,(H,18,21)(H,19,20,22). The van der Waals surface area contributed by atoms with Crippen LogP contribution in [-0.4, -0.2) is 16.8 Å². The fourth-order valence-corrected chi connectivity index (χ4v) is 2.89. The number of nitrogens with one attached hydrogen (secondary N) is 2. The molecule has 2 heterocycles. The summed E-state index contributed by atoms with van der Waals surface area (Å²) in [5.41, 5.74) is 2.88. The van der Waals surface area contributed by atoms with E-state index in [1.165, 1.54) is 24.5 Å². The predicted octanol–water partition coefficient (Wildman–Crippen LogP) is 3.92. The smallest absolute Gasteiger partial charge is 0.260 e. The number of nitrogens with zero attached hydrogens (tertiary/aromatic N) is 1. The molecule has 122 valence electrons. The third kappa shape index (κ3) is 3.52. The van der Waals surface area contributed by atoms with Gasteiger partial charge in [0.25, 0.3) is 5.91 Å². The van der Waals surface area contributed by atoms with E-state index in [0.717, 1.165) is 16.9 Å². The van der Waals surface area contributed by atoms with E-state index in [-0.39, 0.29) is 11.8 Å². The van der Waals surface area contributed by atoms with Crippen molar-refractivity contribution in [2.45, 2.75) is 13.8 Å². The number of furan rings is 1. The Kier molecular flexibility index (Phi) is 4.43. The summed E-state index contributed by atoms with van der Waals surface area (Å²) >= 11 is 1.35. The molecule has 0 unspecified atom stereocenters. The maximum Gasteiger partial charge on any atom is 0.260 e. The van der Waals surface area contributed by atoms with Crippen molar-refractivity contribution in [3.05, 3.63) is 53.3 Å². The molecule has 2 aromatic heterocycles. The molecule has 0 saturated carbocycles. The predicted molar refractivity (Wildman–Crippen MR) is 93.3 cm³/mol. The first-order valence-corrected chi connectivity index (χ1v) is 8.10. The van der Waals surface area contributed by atoms with E-state index < -0.39 is 0 Å².